The number of aryl methyl sites for hydroxylation is 2. The molecule has 235 valence electrons. The molecule has 3 heterocycles. The van der Waals surface area contributed by atoms with Crippen molar-refractivity contribution in [2.75, 3.05) is 0 Å². The molecule has 0 fully saturated rings. The Morgan fingerprint density at radius 3 is 2.09 bits per heavy atom. The average molecular weight is 795 g/mol. The molecule has 6 heteroatoms. The summed E-state index contributed by atoms with van der Waals surface area (Å²) in [5.41, 5.74) is 6.16. The number of aromatic nitrogens is 1. The summed E-state index contributed by atoms with van der Waals surface area (Å²) in [6, 6.07) is 14.6. The molecule has 0 aliphatic rings. The molecule has 0 aliphatic carbocycles. The third-order valence-corrected chi connectivity index (χ3v) is 11.0. The summed E-state index contributed by atoms with van der Waals surface area (Å²) in [5.74, 6) is 0.366. The zero-order valence-corrected chi connectivity index (χ0v) is 31.5. The summed E-state index contributed by atoms with van der Waals surface area (Å²) < 4.78 is 1.26. The van der Waals surface area contributed by atoms with E-state index in [4.69, 9.17) is 0 Å². The van der Waals surface area contributed by atoms with E-state index >= 15 is 0 Å². The molecule has 1 N–H and O–H groups in total. The van der Waals surface area contributed by atoms with Crippen molar-refractivity contribution in [1.29, 1.82) is 0 Å². The number of fused-ring (bicyclic) bond motifs is 1. The molecule has 0 atom stereocenters. The minimum absolute atomic E-state index is 0. The van der Waals surface area contributed by atoms with Gasteiger partial charge in [-0.3, -0.25) is 4.79 Å². The van der Waals surface area contributed by atoms with E-state index in [1.807, 2.05) is 52.2 Å². The number of ketones is 1. The molecule has 0 bridgehead atoms. The fourth-order valence-corrected chi connectivity index (χ4v) is 7.15. The van der Waals surface area contributed by atoms with E-state index in [0.717, 1.165) is 36.3 Å². The Morgan fingerprint density at radius 2 is 1.60 bits per heavy atom. The van der Waals surface area contributed by atoms with Gasteiger partial charge in [0, 0.05) is 53.3 Å². The first-order valence-electron chi connectivity index (χ1n) is 15.2. The summed E-state index contributed by atoms with van der Waals surface area (Å²) in [5, 5.41) is 13.5. The third kappa shape index (κ3) is 8.75. The maximum absolute atomic E-state index is 11.9. The molecular formula is C37H48IrNO2S2-. The van der Waals surface area contributed by atoms with Crippen LogP contribution in [0.3, 0.4) is 0 Å². The minimum Gasteiger partial charge on any atom is -0.512 e. The van der Waals surface area contributed by atoms with Crippen LogP contribution in [0.25, 0.3) is 31.1 Å². The van der Waals surface area contributed by atoms with Crippen molar-refractivity contribution in [3.8, 4) is 21.0 Å². The number of benzene rings is 1. The number of hydrogen-bond acceptors (Lipinski definition) is 5. The van der Waals surface area contributed by atoms with E-state index in [1.54, 1.807) is 11.3 Å². The molecule has 3 aromatic heterocycles. The third-order valence-electron chi connectivity index (χ3n) is 8.59. The van der Waals surface area contributed by atoms with Gasteiger partial charge in [-0.15, -0.1) is 16.7 Å². The molecule has 0 aliphatic heterocycles. The number of pyridine rings is 1. The van der Waals surface area contributed by atoms with E-state index in [-0.39, 0.29) is 48.4 Å². The van der Waals surface area contributed by atoms with Crippen LogP contribution in [0.15, 0.2) is 53.7 Å². The van der Waals surface area contributed by atoms with Crippen LogP contribution in [-0.2, 0) is 30.3 Å². The van der Waals surface area contributed by atoms with Gasteiger partial charge >= 0.3 is 0 Å². The number of carbonyl (C=O) groups excluding carboxylic acids is 1. The molecule has 0 amide bonds. The van der Waals surface area contributed by atoms with Gasteiger partial charge in [-0.25, -0.2) is 11.3 Å². The Labute approximate surface area is 281 Å². The van der Waals surface area contributed by atoms with Gasteiger partial charge in [0.25, 0.3) is 0 Å². The Balaban J connectivity index is 0.000000332. The van der Waals surface area contributed by atoms with Crippen LogP contribution in [0, 0.1) is 31.2 Å². The Morgan fingerprint density at radius 1 is 1.00 bits per heavy atom. The summed E-state index contributed by atoms with van der Waals surface area (Å²) in [6.45, 7) is 21.2. The zero-order chi connectivity index (χ0) is 31.2. The summed E-state index contributed by atoms with van der Waals surface area (Å²) in [4.78, 5) is 19.0. The number of rotatable bonds is 9. The van der Waals surface area contributed by atoms with Gasteiger partial charge in [-0.05, 0) is 71.9 Å². The van der Waals surface area contributed by atoms with Gasteiger partial charge in [-0.2, -0.15) is 11.6 Å². The Hall–Kier alpha value is -2.11. The largest absolute Gasteiger partial charge is 0.512 e. The van der Waals surface area contributed by atoms with Gasteiger partial charge in [0.05, 0.1) is 0 Å². The van der Waals surface area contributed by atoms with Crippen molar-refractivity contribution < 1.29 is 30.0 Å². The number of carbonyl (C=O) groups is 1. The molecule has 43 heavy (non-hydrogen) atoms. The van der Waals surface area contributed by atoms with E-state index in [2.05, 4.69) is 81.4 Å². The SMILES string of the molecule is CCC(CC)C(=O)/C=C(\O)C(C)(CC)CC.Cc1[c-]c(-c2nccc3c(C)c(-c4ccc(C(C)(C)C)cc4)sc23)sc1.[Ir]. The molecule has 0 saturated carbocycles. The normalized spacial score (nSPS) is 12.2. The predicted molar refractivity (Wildman–Crippen MR) is 184 cm³/mol. The standard InChI is InChI=1S/C23H22NS2.C14H26O2.Ir/c1-14-12-19(25-13-14)20-22-18(10-11-24-20)15(2)21(26-22)16-6-8-17(9-7-16)23(3,4)5;1-6-11(7-2)12(15)10-13(16)14(5,8-3)9-4;/h6-11,13H,1-5H3;10-11,16H,6-9H2,1-5H3;/q-1;;/b;13-10-;. The molecule has 4 rings (SSSR count). The topological polar surface area (TPSA) is 50.2 Å². The van der Waals surface area contributed by atoms with Crippen LogP contribution < -0.4 is 0 Å². The Kier molecular flexibility index (Phi) is 13.6. The van der Waals surface area contributed by atoms with Crippen LogP contribution in [0.1, 0.15) is 97.8 Å². The van der Waals surface area contributed by atoms with Gasteiger partial charge < -0.3 is 10.1 Å². The monoisotopic (exact) mass is 795 g/mol. The van der Waals surface area contributed by atoms with E-state index in [9.17, 15) is 9.90 Å². The quantitative estimate of drug-likeness (QED) is 0.104. The number of thiophene rings is 2. The smallest absolute Gasteiger partial charge is 0.162 e. The fourth-order valence-electron chi connectivity index (χ4n) is 4.94. The van der Waals surface area contributed by atoms with Crippen LogP contribution in [0.5, 0.6) is 0 Å². The molecule has 1 aromatic carbocycles. The molecule has 0 unspecified atom stereocenters. The predicted octanol–water partition coefficient (Wildman–Crippen LogP) is 11.7. The first-order valence-corrected chi connectivity index (χ1v) is 16.9. The van der Waals surface area contributed by atoms with Crippen molar-refractivity contribution in [2.45, 2.75) is 100 Å². The summed E-state index contributed by atoms with van der Waals surface area (Å²) in [6.07, 6.45) is 6.75. The molecular weight excluding hydrogens is 747 g/mol. The molecule has 4 aromatic rings. The maximum Gasteiger partial charge on any atom is 0.162 e. The van der Waals surface area contributed by atoms with Crippen LogP contribution in [0.2, 0.25) is 0 Å². The number of nitrogens with zero attached hydrogens (tertiary/aromatic N) is 1. The maximum atomic E-state index is 11.9. The second-order valence-corrected chi connectivity index (χ2v) is 14.4. The first-order chi connectivity index (χ1) is 19.8. The van der Waals surface area contributed by atoms with E-state index < -0.39 is 0 Å². The number of hydrogen-bond donors (Lipinski definition) is 1. The molecule has 0 spiro atoms. The van der Waals surface area contributed by atoms with E-state index in [0.29, 0.717) is 0 Å². The zero-order valence-electron chi connectivity index (χ0n) is 27.5. The summed E-state index contributed by atoms with van der Waals surface area (Å²) >= 11 is 3.57. The molecule has 0 saturated heterocycles. The van der Waals surface area contributed by atoms with Crippen molar-refractivity contribution in [2.24, 2.45) is 11.3 Å². The van der Waals surface area contributed by atoms with E-state index in [1.165, 1.54) is 43.3 Å². The number of allylic oxidation sites excluding steroid dienone is 2. The van der Waals surface area contributed by atoms with Gasteiger partial charge in [0.2, 0.25) is 0 Å². The Bertz CT molecular complexity index is 1510. The average Bonchev–Trinajstić information content (AvgIpc) is 3.56. The van der Waals surface area contributed by atoms with Crippen molar-refractivity contribution >= 4 is 38.5 Å². The van der Waals surface area contributed by atoms with Gasteiger partial charge in [-0.1, -0.05) is 91.5 Å². The first kappa shape index (κ1) is 37.1. The van der Waals surface area contributed by atoms with Crippen molar-refractivity contribution in [3.63, 3.8) is 0 Å². The number of aliphatic hydroxyl groups excluding tert-OH is 1. The minimum atomic E-state index is -0.248. The van der Waals surface area contributed by atoms with Gasteiger partial charge in [0.15, 0.2) is 5.78 Å². The van der Waals surface area contributed by atoms with Crippen LogP contribution in [-0.4, -0.2) is 15.9 Å². The fraction of sp³-hybridized carbons (Fsp3) is 0.459. The van der Waals surface area contributed by atoms with Gasteiger partial charge in [0.1, 0.15) is 5.76 Å². The second kappa shape index (κ2) is 15.8. The summed E-state index contributed by atoms with van der Waals surface area (Å²) in [7, 11) is 0. The van der Waals surface area contributed by atoms with Crippen LogP contribution >= 0.6 is 22.7 Å². The van der Waals surface area contributed by atoms with Crippen molar-refractivity contribution in [1.82, 2.24) is 4.98 Å². The number of aliphatic hydroxyl groups is 1. The van der Waals surface area contributed by atoms with Crippen molar-refractivity contribution in [3.05, 3.63) is 76.5 Å². The molecule has 1 radical (unpaired) electrons. The molecule has 3 nitrogen and oxygen atoms in total. The second-order valence-electron chi connectivity index (χ2n) is 12.5. The van der Waals surface area contributed by atoms with Crippen LogP contribution in [0.4, 0.5) is 0 Å².